The molecule has 0 aromatic rings. The molecule has 5 nitrogen and oxygen atoms in total. The smallest absolute Gasteiger partial charge is 0.249 e. The van der Waals surface area contributed by atoms with Gasteiger partial charge in [0.25, 0.3) is 0 Å². The summed E-state index contributed by atoms with van der Waals surface area (Å²) in [5.74, 6) is 0.199. The Labute approximate surface area is 121 Å². The Balaban J connectivity index is 2.19. The predicted octanol–water partition coefficient (Wildman–Crippen LogP) is 1.32. The fourth-order valence-corrected chi connectivity index (χ4v) is 3.43. The molecule has 2 fully saturated rings. The fourth-order valence-electron chi connectivity index (χ4n) is 3.43. The lowest BCUT2D eigenvalue weighted by molar-refractivity contribution is -0.157. The summed E-state index contributed by atoms with van der Waals surface area (Å²) in [6, 6.07) is -0.366. The van der Waals surface area contributed by atoms with E-state index in [0.29, 0.717) is 19.8 Å². The van der Waals surface area contributed by atoms with Crippen molar-refractivity contribution in [3.63, 3.8) is 0 Å². The molecule has 0 bridgehead atoms. The maximum Gasteiger partial charge on any atom is 0.249 e. The minimum Gasteiger partial charge on any atom is -0.380 e. The molecule has 0 aromatic heterocycles. The summed E-state index contributed by atoms with van der Waals surface area (Å²) in [5, 5.41) is 3.02. The second-order valence-corrected chi connectivity index (χ2v) is 6.16. The van der Waals surface area contributed by atoms with Crippen molar-refractivity contribution in [2.75, 3.05) is 19.8 Å². The summed E-state index contributed by atoms with van der Waals surface area (Å²) in [5.41, 5.74) is -0.630. The van der Waals surface area contributed by atoms with Crippen LogP contribution in [-0.2, 0) is 14.3 Å². The number of piperazine rings is 1. The zero-order valence-corrected chi connectivity index (χ0v) is 12.8. The van der Waals surface area contributed by atoms with Crippen LogP contribution in [0.15, 0.2) is 0 Å². The van der Waals surface area contributed by atoms with E-state index in [9.17, 15) is 9.59 Å². The number of carbonyl (C=O) groups is 2. The number of carbonyl (C=O) groups excluding carboxylic acids is 2. The minimum absolute atomic E-state index is 0.00185. The van der Waals surface area contributed by atoms with Crippen LogP contribution >= 0.6 is 0 Å². The molecular weight excluding hydrogens is 256 g/mol. The minimum atomic E-state index is -0.630. The SMILES string of the molecule is CCOCCN1C(=O)C2(CCCC2)NC(=O)C1C(C)C. The largest absolute Gasteiger partial charge is 0.380 e. The molecule has 2 aliphatic rings. The van der Waals surface area contributed by atoms with Crippen molar-refractivity contribution in [1.29, 1.82) is 0 Å². The Bertz CT molecular complexity index is 375. The molecule has 0 aromatic carbocycles. The molecular formula is C15H26N2O3. The number of nitrogens with zero attached hydrogens (tertiary/aromatic N) is 1. The van der Waals surface area contributed by atoms with Gasteiger partial charge in [0.15, 0.2) is 0 Å². The van der Waals surface area contributed by atoms with Gasteiger partial charge in [0.2, 0.25) is 11.8 Å². The molecule has 1 unspecified atom stereocenters. The van der Waals surface area contributed by atoms with Crippen LogP contribution in [0, 0.1) is 5.92 Å². The first kappa shape index (κ1) is 15.3. The third-order valence-corrected chi connectivity index (χ3v) is 4.41. The lowest BCUT2D eigenvalue weighted by atomic mass is 9.87. The Morgan fingerprint density at radius 2 is 2.00 bits per heavy atom. The van der Waals surface area contributed by atoms with Gasteiger partial charge in [-0.1, -0.05) is 26.7 Å². The molecule has 20 heavy (non-hydrogen) atoms. The first-order valence-electron chi connectivity index (χ1n) is 7.72. The van der Waals surface area contributed by atoms with Gasteiger partial charge in [-0.05, 0) is 25.7 Å². The first-order chi connectivity index (χ1) is 9.52. The van der Waals surface area contributed by atoms with Crippen molar-refractivity contribution < 1.29 is 14.3 Å². The quantitative estimate of drug-likeness (QED) is 0.774. The molecule has 1 N–H and O–H groups in total. The Morgan fingerprint density at radius 3 is 2.55 bits per heavy atom. The van der Waals surface area contributed by atoms with Crippen LogP contribution in [0.4, 0.5) is 0 Å². The summed E-state index contributed by atoms with van der Waals surface area (Å²) >= 11 is 0. The van der Waals surface area contributed by atoms with E-state index in [1.54, 1.807) is 4.90 Å². The molecule has 114 valence electrons. The number of ether oxygens (including phenoxy) is 1. The second kappa shape index (κ2) is 6.12. The van der Waals surface area contributed by atoms with E-state index in [2.05, 4.69) is 5.32 Å². The number of hydrogen-bond acceptors (Lipinski definition) is 3. The normalized spacial score (nSPS) is 25.6. The van der Waals surface area contributed by atoms with E-state index in [1.165, 1.54) is 0 Å². The average Bonchev–Trinajstić information content (AvgIpc) is 2.84. The van der Waals surface area contributed by atoms with Gasteiger partial charge in [-0.2, -0.15) is 0 Å². The molecule has 1 aliphatic carbocycles. The van der Waals surface area contributed by atoms with Gasteiger partial charge in [-0.15, -0.1) is 0 Å². The Morgan fingerprint density at radius 1 is 1.35 bits per heavy atom. The van der Waals surface area contributed by atoms with Crippen LogP contribution in [-0.4, -0.2) is 48.1 Å². The highest BCUT2D eigenvalue weighted by Crippen LogP contribution is 2.35. The molecule has 1 heterocycles. The van der Waals surface area contributed by atoms with Crippen molar-refractivity contribution in [2.45, 2.75) is 58.0 Å². The predicted molar refractivity (Wildman–Crippen MR) is 76.2 cm³/mol. The highest BCUT2D eigenvalue weighted by atomic mass is 16.5. The molecule has 1 spiro atoms. The lowest BCUT2D eigenvalue weighted by Gasteiger charge is -2.45. The monoisotopic (exact) mass is 282 g/mol. The van der Waals surface area contributed by atoms with E-state index < -0.39 is 5.54 Å². The maximum atomic E-state index is 12.9. The van der Waals surface area contributed by atoms with E-state index in [4.69, 9.17) is 4.74 Å². The highest BCUT2D eigenvalue weighted by molar-refractivity contribution is 6.00. The van der Waals surface area contributed by atoms with Crippen molar-refractivity contribution >= 4 is 11.8 Å². The van der Waals surface area contributed by atoms with Crippen LogP contribution in [0.3, 0.4) is 0 Å². The van der Waals surface area contributed by atoms with Gasteiger partial charge in [0, 0.05) is 13.2 Å². The molecule has 1 saturated heterocycles. The van der Waals surface area contributed by atoms with Crippen molar-refractivity contribution in [2.24, 2.45) is 5.92 Å². The number of rotatable bonds is 5. The van der Waals surface area contributed by atoms with Gasteiger partial charge < -0.3 is 15.0 Å². The highest BCUT2D eigenvalue weighted by Gasteiger charge is 2.52. The van der Waals surface area contributed by atoms with Gasteiger partial charge in [0.1, 0.15) is 11.6 Å². The van der Waals surface area contributed by atoms with Crippen molar-refractivity contribution in [3.8, 4) is 0 Å². The van der Waals surface area contributed by atoms with Crippen LogP contribution in [0.25, 0.3) is 0 Å². The van der Waals surface area contributed by atoms with Crippen LogP contribution in [0.2, 0.25) is 0 Å². The lowest BCUT2D eigenvalue weighted by Crippen LogP contribution is -2.70. The third kappa shape index (κ3) is 2.68. The molecule has 5 heteroatoms. The summed E-state index contributed by atoms with van der Waals surface area (Å²) < 4.78 is 5.37. The second-order valence-electron chi connectivity index (χ2n) is 6.16. The summed E-state index contributed by atoms with van der Waals surface area (Å²) in [6.45, 7) is 7.53. The van der Waals surface area contributed by atoms with E-state index in [1.807, 2.05) is 20.8 Å². The fraction of sp³-hybridized carbons (Fsp3) is 0.867. The summed E-state index contributed by atoms with van der Waals surface area (Å²) in [4.78, 5) is 27.1. The zero-order valence-electron chi connectivity index (χ0n) is 12.8. The maximum absolute atomic E-state index is 12.9. The summed E-state index contributed by atoms with van der Waals surface area (Å²) in [6.07, 6.45) is 3.57. The molecule has 2 rings (SSSR count). The zero-order chi connectivity index (χ0) is 14.8. The van der Waals surface area contributed by atoms with E-state index in [0.717, 1.165) is 25.7 Å². The Hall–Kier alpha value is -1.10. The standard InChI is InChI=1S/C15H26N2O3/c1-4-20-10-9-17-12(11(2)3)13(18)16-15(14(17)19)7-5-6-8-15/h11-12H,4-10H2,1-3H3,(H,16,18). The molecule has 2 amide bonds. The van der Waals surface area contributed by atoms with Gasteiger partial charge in [0.05, 0.1) is 6.61 Å². The molecule has 0 radical (unpaired) electrons. The van der Waals surface area contributed by atoms with Gasteiger partial charge >= 0.3 is 0 Å². The van der Waals surface area contributed by atoms with Crippen molar-refractivity contribution in [3.05, 3.63) is 0 Å². The third-order valence-electron chi connectivity index (χ3n) is 4.41. The van der Waals surface area contributed by atoms with Crippen LogP contribution in [0.5, 0.6) is 0 Å². The number of amides is 2. The van der Waals surface area contributed by atoms with Gasteiger partial charge in [-0.25, -0.2) is 0 Å². The average molecular weight is 282 g/mol. The van der Waals surface area contributed by atoms with E-state index in [-0.39, 0.29) is 23.8 Å². The molecule has 1 atom stereocenters. The van der Waals surface area contributed by atoms with E-state index >= 15 is 0 Å². The topological polar surface area (TPSA) is 58.6 Å². The van der Waals surface area contributed by atoms with Crippen molar-refractivity contribution in [1.82, 2.24) is 10.2 Å². The Kier molecular flexibility index (Phi) is 4.68. The van der Waals surface area contributed by atoms with Gasteiger partial charge in [-0.3, -0.25) is 9.59 Å². The van der Waals surface area contributed by atoms with Crippen LogP contribution < -0.4 is 5.32 Å². The first-order valence-corrected chi connectivity index (χ1v) is 7.72. The molecule has 1 aliphatic heterocycles. The summed E-state index contributed by atoms with van der Waals surface area (Å²) in [7, 11) is 0. The van der Waals surface area contributed by atoms with Crippen LogP contribution in [0.1, 0.15) is 46.5 Å². The number of hydrogen-bond donors (Lipinski definition) is 1. The molecule has 1 saturated carbocycles. The number of nitrogens with one attached hydrogen (secondary N) is 1.